The third-order valence-corrected chi connectivity index (χ3v) is 5.16. The first-order chi connectivity index (χ1) is 11.7. The molecule has 24 heavy (non-hydrogen) atoms. The summed E-state index contributed by atoms with van der Waals surface area (Å²) in [6, 6.07) is 15.9. The van der Waals surface area contributed by atoms with Crippen molar-refractivity contribution in [2.75, 3.05) is 12.5 Å². The Bertz CT molecular complexity index is 687. The highest BCUT2D eigenvalue weighted by atomic mass is 32.2. The molecule has 0 fully saturated rings. The third kappa shape index (κ3) is 4.45. The molecule has 0 radical (unpaired) electrons. The van der Waals surface area contributed by atoms with Crippen LogP contribution in [0.25, 0.3) is 0 Å². The van der Waals surface area contributed by atoms with Gasteiger partial charge < -0.3 is 14.6 Å². The van der Waals surface area contributed by atoms with Crippen LogP contribution in [0.4, 0.5) is 0 Å². The van der Waals surface area contributed by atoms with E-state index in [2.05, 4.69) is 12.1 Å². The minimum absolute atomic E-state index is 0.251. The molecule has 0 saturated heterocycles. The number of ether oxygens (including phenoxy) is 2. The van der Waals surface area contributed by atoms with Gasteiger partial charge in [0, 0.05) is 10.6 Å². The number of carbonyl (C=O) groups is 1. The number of hydrogen-bond acceptors (Lipinski definition) is 4. The average molecular weight is 344 g/mol. The van der Waals surface area contributed by atoms with Crippen molar-refractivity contribution in [3.05, 3.63) is 54.1 Å². The lowest BCUT2D eigenvalue weighted by Crippen LogP contribution is -2.16. The van der Waals surface area contributed by atoms with Gasteiger partial charge in [0.1, 0.15) is 0 Å². The molecule has 1 heterocycles. The van der Waals surface area contributed by atoms with Gasteiger partial charge in [-0.2, -0.15) is 0 Å². The fourth-order valence-corrected chi connectivity index (χ4v) is 3.70. The van der Waals surface area contributed by atoms with Crippen LogP contribution in [0.5, 0.6) is 11.5 Å². The first kappa shape index (κ1) is 16.7. The second-order valence-electron chi connectivity index (χ2n) is 5.74. The number of aliphatic carboxylic acids is 1. The highest BCUT2D eigenvalue weighted by Gasteiger charge is 2.19. The third-order valence-electron chi connectivity index (χ3n) is 4.01. The summed E-state index contributed by atoms with van der Waals surface area (Å²) in [5, 5.41) is 9.45. The van der Waals surface area contributed by atoms with Gasteiger partial charge in [0.15, 0.2) is 11.5 Å². The highest BCUT2D eigenvalue weighted by Crippen LogP contribution is 2.36. The minimum atomic E-state index is -0.726. The van der Waals surface area contributed by atoms with Gasteiger partial charge in [-0.05, 0) is 43.0 Å². The Balaban J connectivity index is 1.50. The van der Waals surface area contributed by atoms with Crippen LogP contribution < -0.4 is 9.47 Å². The molecule has 1 atom stereocenters. The maximum Gasteiger partial charge on any atom is 0.307 e. The molecule has 0 bridgehead atoms. The quantitative estimate of drug-likeness (QED) is 0.726. The summed E-state index contributed by atoms with van der Waals surface area (Å²) in [6.07, 6.45) is 2.48. The van der Waals surface area contributed by atoms with E-state index < -0.39 is 5.97 Å². The molecule has 0 spiro atoms. The normalized spacial score (nSPS) is 13.7. The predicted octanol–water partition coefficient (Wildman–Crippen LogP) is 4.23. The van der Waals surface area contributed by atoms with Crippen molar-refractivity contribution in [2.45, 2.75) is 24.2 Å². The summed E-state index contributed by atoms with van der Waals surface area (Å²) >= 11 is 1.55. The monoisotopic (exact) mass is 344 g/mol. The first-order valence-corrected chi connectivity index (χ1v) is 9.00. The maximum atomic E-state index is 11.5. The van der Waals surface area contributed by atoms with E-state index in [1.165, 1.54) is 5.56 Å². The lowest BCUT2D eigenvalue weighted by molar-refractivity contribution is -0.141. The van der Waals surface area contributed by atoms with Crippen molar-refractivity contribution >= 4 is 17.7 Å². The SMILES string of the molecule is O=C(O)C(CCCc1ccccc1)CSc1ccc2c(c1)OCO2. The number of rotatable bonds is 8. The molecular formula is C19H20O4S. The first-order valence-electron chi connectivity index (χ1n) is 8.01. The second-order valence-corrected chi connectivity index (χ2v) is 6.83. The second kappa shape index (κ2) is 8.11. The fourth-order valence-electron chi connectivity index (χ4n) is 2.64. The molecule has 0 aliphatic carbocycles. The number of fused-ring (bicyclic) bond motifs is 1. The number of carboxylic acids is 1. The molecule has 2 aromatic carbocycles. The smallest absolute Gasteiger partial charge is 0.307 e. The number of aryl methyl sites for hydroxylation is 1. The summed E-state index contributed by atoms with van der Waals surface area (Å²) in [5.74, 6) is 0.970. The van der Waals surface area contributed by atoms with Gasteiger partial charge in [0.2, 0.25) is 6.79 Å². The Morgan fingerprint density at radius 2 is 1.92 bits per heavy atom. The van der Waals surface area contributed by atoms with E-state index >= 15 is 0 Å². The standard InChI is InChI=1S/C19H20O4S/c20-19(21)15(8-4-7-14-5-2-1-3-6-14)12-24-16-9-10-17-18(11-16)23-13-22-17/h1-3,5-6,9-11,15H,4,7-8,12-13H2,(H,20,21). The summed E-state index contributed by atoms with van der Waals surface area (Å²) in [4.78, 5) is 12.5. The van der Waals surface area contributed by atoms with E-state index in [1.807, 2.05) is 36.4 Å². The molecule has 1 aliphatic heterocycles. The van der Waals surface area contributed by atoms with E-state index in [1.54, 1.807) is 11.8 Å². The highest BCUT2D eigenvalue weighted by molar-refractivity contribution is 7.99. The molecule has 4 nitrogen and oxygen atoms in total. The molecule has 1 aliphatic rings. The van der Waals surface area contributed by atoms with Crippen LogP contribution in [-0.4, -0.2) is 23.6 Å². The Hall–Kier alpha value is -2.14. The number of hydrogen-bond donors (Lipinski definition) is 1. The zero-order valence-corrected chi connectivity index (χ0v) is 14.1. The van der Waals surface area contributed by atoms with Gasteiger partial charge in [0.05, 0.1) is 5.92 Å². The molecule has 1 unspecified atom stereocenters. The predicted molar refractivity (Wildman–Crippen MR) is 93.8 cm³/mol. The van der Waals surface area contributed by atoms with E-state index in [0.29, 0.717) is 12.2 Å². The Kier molecular flexibility index (Phi) is 5.64. The van der Waals surface area contributed by atoms with E-state index in [9.17, 15) is 9.90 Å². The molecule has 0 aromatic heterocycles. The van der Waals surface area contributed by atoms with Crippen LogP contribution >= 0.6 is 11.8 Å². The van der Waals surface area contributed by atoms with Crippen molar-refractivity contribution in [3.8, 4) is 11.5 Å². The largest absolute Gasteiger partial charge is 0.481 e. The van der Waals surface area contributed by atoms with Crippen molar-refractivity contribution < 1.29 is 19.4 Å². The summed E-state index contributed by atoms with van der Waals surface area (Å²) < 4.78 is 10.6. The topological polar surface area (TPSA) is 55.8 Å². The van der Waals surface area contributed by atoms with Crippen LogP contribution in [0.2, 0.25) is 0 Å². The van der Waals surface area contributed by atoms with E-state index in [4.69, 9.17) is 9.47 Å². The zero-order valence-electron chi connectivity index (χ0n) is 13.3. The van der Waals surface area contributed by atoms with E-state index in [0.717, 1.165) is 29.2 Å². The molecule has 1 N–H and O–H groups in total. The Labute approximate surface area is 145 Å². The van der Waals surface area contributed by atoms with Crippen molar-refractivity contribution in [1.82, 2.24) is 0 Å². The van der Waals surface area contributed by atoms with Crippen LogP contribution in [0.3, 0.4) is 0 Å². The van der Waals surface area contributed by atoms with Crippen LogP contribution in [0, 0.1) is 5.92 Å². The molecule has 5 heteroatoms. The molecule has 0 saturated carbocycles. The minimum Gasteiger partial charge on any atom is -0.481 e. The number of carboxylic acid groups (broad SMARTS) is 1. The van der Waals surface area contributed by atoms with Crippen molar-refractivity contribution in [3.63, 3.8) is 0 Å². The van der Waals surface area contributed by atoms with Gasteiger partial charge in [-0.25, -0.2) is 0 Å². The zero-order chi connectivity index (χ0) is 16.8. The van der Waals surface area contributed by atoms with Crippen LogP contribution in [0.15, 0.2) is 53.4 Å². The van der Waals surface area contributed by atoms with Gasteiger partial charge in [-0.3, -0.25) is 4.79 Å². The summed E-state index contributed by atoms with van der Waals surface area (Å²) in [5.41, 5.74) is 1.25. The van der Waals surface area contributed by atoms with Crippen molar-refractivity contribution in [1.29, 1.82) is 0 Å². The summed E-state index contributed by atoms with van der Waals surface area (Å²) in [7, 11) is 0. The lowest BCUT2D eigenvalue weighted by Gasteiger charge is -2.12. The van der Waals surface area contributed by atoms with Crippen LogP contribution in [-0.2, 0) is 11.2 Å². The maximum absolute atomic E-state index is 11.5. The fraction of sp³-hybridized carbons (Fsp3) is 0.316. The summed E-state index contributed by atoms with van der Waals surface area (Å²) in [6.45, 7) is 0.251. The average Bonchev–Trinajstić information content (AvgIpc) is 3.06. The van der Waals surface area contributed by atoms with Gasteiger partial charge in [-0.15, -0.1) is 11.8 Å². The van der Waals surface area contributed by atoms with E-state index in [-0.39, 0.29) is 12.7 Å². The van der Waals surface area contributed by atoms with Gasteiger partial charge >= 0.3 is 5.97 Å². The molecule has 3 rings (SSSR count). The number of thioether (sulfide) groups is 1. The lowest BCUT2D eigenvalue weighted by atomic mass is 10.0. The molecule has 126 valence electrons. The Morgan fingerprint density at radius 1 is 1.12 bits per heavy atom. The van der Waals surface area contributed by atoms with Gasteiger partial charge in [-0.1, -0.05) is 30.3 Å². The van der Waals surface area contributed by atoms with Gasteiger partial charge in [0.25, 0.3) is 0 Å². The van der Waals surface area contributed by atoms with Crippen LogP contribution in [0.1, 0.15) is 18.4 Å². The molecular weight excluding hydrogens is 324 g/mol. The number of benzene rings is 2. The van der Waals surface area contributed by atoms with Crippen molar-refractivity contribution in [2.24, 2.45) is 5.92 Å². The Morgan fingerprint density at radius 3 is 2.71 bits per heavy atom. The molecule has 2 aromatic rings. The molecule has 0 amide bonds.